The first-order valence-corrected chi connectivity index (χ1v) is 9.42. The fourth-order valence-corrected chi connectivity index (χ4v) is 4.16. The highest BCUT2D eigenvalue weighted by Crippen LogP contribution is 2.37. The summed E-state index contributed by atoms with van der Waals surface area (Å²) in [5, 5.41) is 12.4. The number of nitrogens with zero attached hydrogens (tertiary/aromatic N) is 1. The zero-order valence-electron chi connectivity index (χ0n) is 14.9. The Bertz CT molecular complexity index is 883. The van der Waals surface area contributed by atoms with Crippen molar-refractivity contribution in [2.45, 2.75) is 38.3 Å². The lowest BCUT2D eigenvalue weighted by Crippen LogP contribution is -2.45. The molecule has 1 fully saturated rings. The van der Waals surface area contributed by atoms with Crippen LogP contribution in [-0.4, -0.2) is 46.2 Å². The Morgan fingerprint density at radius 3 is 2.78 bits per heavy atom. The highest BCUT2D eigenvalue weighted by molar-refractivity contribution is 7.09. The van der Waals surface area contributed by atoms with Crippen LogP contribution in [-0.2, 0) is 20.8 Å². The standard InChI is InChI=1S/C19H19NO6S/c1-19(2)25-10-13(26-19)15-14(16(21)12-6-3-7-24-12)17(22)18(23)20(15)9-11-5-4-8-27-11/h3-8,13,15,22H,9-10H2,1-2H3. The van der Waals surface area contributed by atoms with E-state index in [9.17, 15) is 14.7 Å². The third-order valence-corrected chi connectivity index (χ3v) is 5.49. The van der Waals surface area contributed by atoms with Gasteiger partial charge < -0.3 is 23.9 Å². The van der Waals surface area contributed by atoms with Crippen molar-refractivity contribution in [3.63, 3.8) is 0 Å². The van der Waals surface area contributed by atoms with Crippen molar-refractivity contribution in [3.05, 3.63) is 57.9 Å². The van der Waals surface area contributed by atoms with E-state index in [2.05, 4.69) is 0 Å². The van der Waals surface area contributed by atoms with Crippen molar-refractivity contribution in [1.29, 1.82) is 0 Å². The van der Waals surface area contributed by atoms with Crippen LogP contribution in [0.3, 0.4) is 0 Å². The van der Waals surface area contributed by atoms with Gasteiger partial charge in [-0.3, -0.25) is 9.59 Å². The van der Waals surface area contributed by atoms with Gasteiger partial charge >= 0.3 is 0 Å². The van der Waals surface area contributed by atoms with Crippen LogP contribution < -0.4 is 0 Å². The Labute approximate surface area is 159 Å². The first-order valence-electron chi connectivity index (χ1n) is 8.54. The zero-order valence-corrected chi connectivity index (χ0v) is 15.7. The van der Waals surface area contributed by atoms with Crippen LogP contribution in [0, 0.1) is 0 Å². The van der Waals surface area contributed by atoms with Gasteiger partial charge in [-0.2, -0.15) is 0 Å². The number of aliphatic hydroxyl groups is 1. The summed E-state index contributed by atoms with van der Waals surface area (Å²) in [7, 11) is 0. The van der Waals surface area contributed by atoms with Gasteiger partial charge in [0.15, 0.2) is 17.3 Å². The highest BCUT2D eigenvalue weighted by Gasteiger charge is 2.51. The Morgan fingerprint density at radius 1 is 1.37 bits per heavy atom. The first-order chi connectivity index (χ1) is 12.9. The van der Waals surface area contributed by atoms with E-state index >= 15 is 0 Å². The maximum absolute atomic E-state index is 13.0. The molecular formula is C19H19NO6S. The molecule has 2 aliphatic heterocycles. The molecule has 1 amide bonds. The Kier molecular flexibility index (Phi) is 4.41. The molecule has 2 unspecified atom stereocenters. The van der Waals surface area contributed by atoms with E-state index in [1.165, 1.54) is 28.6 Å². The topological polar surface area (TPSA) is 89.2 Å². The van der Waals surface area contributed by atoms with E-state index in [1.54, 1.807) is 19.9 Å². The van der Waals surface area contributed by atoms with Crippen LogP contribution in [0.4, 0.5) is 0 Å². The van der Waals surface area contributed by atoms with Gasteiger partial charge in [0.25, 0.3) is 5.91 Å². The minimum Gasteiger partial charge on any atom is -0.503 e. The molecule has 1 N–H and O–H groups in total. The normalized spacial score (nSPS) is 24.8. The van der Waals surface area contributed by atoms with E-state index in [4.69, 9.17) is 13.9 Å². The molecule has 7 nitrogen and oxygen atoms in total. The molecule has 2 atom stereocenters. The number of carbonyl (C=O) groups is 2. The Hall–Kier alpha value is -2.42. The Morgan fingerprint density at radius 2 is 2.19 bits per heavy atom. The largest absolute Gasteiger partial charge is 0.503 e. The van der Waals surface area contributed by atoms with E-state index in [0.717, 1.165) is 4.88 Å². The van der Waals surface area contributed by atoms with Gasteiger partial charge in [0.1, 0.15) is 6.10 Å². The van der Waals surface area contributed by atoms with Crippen molar-refractivity contribution in [3.8, 4) is 0 Å². The van der Waals surface area contributed by atoms with Crippen LogP contribution in [0.1, 0.15) is 29.3 Å². The molecule has 27 heavy (non-hydrogen) atoms. The van der Waals surface area contributed by atoms with Crippen molar-refractivity contribution in [2.24, 2.45) is 0 Å². The molecule has 2 aromatic heterocycles. The van der Waals surface area contributed by atoms with Gasteiger partial charge in [-0.05, 0) is 37.4 Å². The maximum atomic E-state index is 13.0. The molecule has 0 aromatic carbocycles. The number of amides is 1. The summed E-state index contributed by atoms with van der Waals surface area (Å²) in [4.78, 5) is 28.1. The third-order valence-electron chi connectivity index (χ3n) is 4.63. The number of hydrogen-bond acceptors (Lipinski definition) is 7. The van der Waals surface area contributed by atoms with Gasteiger partial charge in [0.05, 0.1) is 31.0 Å². The maximum Gasteiger partial charge on any atom is 0.290 e. The molecule has 0 spiro atoms. The summed E-state index contributed by atoms with van der Waals surface area (Å²) in [6, 6.07) is 6.10. The lowest BCUT2D eigenvalue weighted by molar-refractivity contribution is -0.149. The minimum atomic E-state index is -0.834. The molecule has 4 rings (SSSR count). The number of ketones is 1. The predicted octanol–water partition coefficient (Wildman–Crippen LogP) is 2.90. The van der Waals surface area contributed by atoms with E-state index in [1.807, 2.05) is 17.5 Å². The first kappa shape index (κ1) is 18.0. The Balaban J connectivity index is 1.72. The summed E-state index contributed by atoms with van der Waals surface area (Å²) < 4.78 is 16.8. The monoisotopic (exact) mass is 389 g/mol. The number of rotatable bonds is 5. The fraction of sp³-hybridized carbons (Fsp3) is 0.368. The number of furan rings is 1. The number of hydrogen-bond donors (Lipinski definition) is 1. The molecule has 2 aliphatic rings. The molecule has 0 aliphatic carbocycles. The van der Waals surface area contributed by atoms with E-state index < -0.39 is 35.4 Å². The lowest BCUT2D eigenvalue weighted by atomic mass is 9.97. The minimum absolute atomic E-state index is 0.0159. The molecule has 142 valence electrons. The summed E-state index contributed by atoms with van der Waals surface area (Å²) in [5.74, 6) is -2.47. The van der Waals surface area contributed by atoms with Gasteiger partial charge in [-0.15, -0.1) is 11.3 Å². The molecule has 4 heterocycles. The van der Waals surface area contributed by atoms with Crippen LogP contribution >= 0.6 is 11.3 Å². The zero-order chi connectivity index (χ0) is 19.2. The van der Waals surface area contributed by atoms with Crippen molar-refractivity contribution >= 4 is 23.0 Å². The number of Topliss-reactive ketones (excluding diaryl/α,β-unsaturated/α-hetero) is 1. The quantitative estimate of drug-likeness (QED) is 0.791. The van der Waals surface area contributed by atoms with Crippen molar-refractivity contribution in [2.75, 3.05) is 6.61 Å². The smallest absolute Gasteiger partial charge is 0.290 e. The second-order valence-corrected chi connectivity index (χ2v) is 7.93. The highest BCUT2D eigenvalue weighted by atomic mass is 32.1. The van der Waals surface area contributed by atoms with Crippen LogP contribution in [0.25, 0.3) is 0 Å². The molecule has 0 bridgehead atoms. The molecule has 0 radical (unpaired) electrons. The molecular weight excluding hydrogens is 370 g/mol. The SMILES string of the molecule is CC1(C)OCC(C2C(C(=O)c3ccco3)=C(O)C(=O)N2Cc2cccs2)O1. The van der Waals surface area contributed by atoms with E-state index in [0.29, 0.717) is 0 Å². The van der Waals surface area contributed by atoms with Crippen molar-refractivity contribution in [1.82, 2.24) is 4.90 Å². The average molecular weight is 389 g/mol. The van der Waals surface area contributed by atoms with Gasteiger partial charge in [-0.25, -0.2) is 0 Å². The third kappa shape index (κ3) is 3.20. The molecule has 2 aromatic rings. The van der Waals surface area contributed by atoms with Crippen LogP contribution in [0.2, 0.25) is 0 Å². The summed E-state index contributed by atoms with van der Waals surface area (Å²) in [6.07, 6.45) is 0.792. The second kappa shape index (κ2) is 6.63. The second-order valence-electron chi connectivity index (χ2n) is 6.89. The number of carbonyl (C=O) groups excluding carboxylic acids is 2. The predicted molar refractivity (Wildman–Crippen MR) is 96.3 cm³/mol. The summed E-state index contributed by atoms with van der Waals surface area (Å²) >= 11 is 1.50. The molecule has 8 heteroatoms. The average Bonchev–Trinajstić information content (AvgIpc) is 3.39. The lowest BCUT2D eigenvalue weighted by Gasteiger charge is -2.30. The molecule has 0 saturated carbocycles. The number of aliphatic hydroxyl groups excluding tert-OH is 1. The number of thiophene rings is 1. The van der Waals surface area contributed by atoms with Gasteiger partial charge in [0.2, 0.25) is 5.78 Å². The van der Waals surface area contributed by atoms with Crippen molar-refractivity contribution < 1.29 is 28.6 Å². The summed E-state index contributed by atoms with van der Waals surface area (Å²) in [6.45, 7) is 4.00. The fourth-order valence-electron chi connectivity index (χ4n) is 3.45. The van der Waals surface area contributed by atoms with Gasteiger partial charge in [-0.1, -0.05) is 6.07 Å². The summed E-state index contributed by atoms with van der Waals surface area (Å²) in [5.41, 5.74) is -0.0159. The van der Waals surface area contributed by atoms with E-state index in [-0.39, 0.29) is 24.5 Å². The van der Waals surface area contributed by atoms with Gasteiger partial charge in [0, 0.05) is 4.88 Å². The van der Waals surface area contributed by atoms with Crippen LogP contribution in [0.5, 0.6) is 0 Å². The molecule has 1 saturated heterocycles. The number of ether oxygens (including phenoxy) is 2. The van der Waals surface area contributed by atoms with Crippen LogP contribution in [0.15, 0.2) is 51.7 Å².